The van der Waals surface area contributed by atoms with Crippen LogP contribution in [0.25, 0.3) is 0 Å². The maximum atomic E-state index is 12.8. The fourth-order valence-corrected chi connectivity index (χ4v) is 2.89. The maximum absolute atomic E-state index is 12.8. The van der Waals surface area contributed by atoms with Crippen LogP contribution in [-0.4, -0.2) is 28.6 Å². The zero-order valence-electron chi connectivity index (χ0n) is 15.3. The fraction of sp³-hybridized carbons (Fsp3) is 0.0500. The van der Waals surface area contributed by atoms with Gasteiger partial charge in [-0.1, -0.05) is 23.2 Å². The summed E-state index contributed by atoms with van der Waals surface area (Å²) in [6.45, 7) is -3.13. The van der Waals surface area contributed by atoms with Gasteiger partial charge in [0.15, 0.2) is 11.5 Å². The average molecular weight is 469 g/mol. The van der Waals surface area contributed by atoms with Crippen LogP contribution in [0.5, 0.6) is 17.2 Å². The lowest BCUT2D eigenvalue weighted by Gasteiger charge is -2.14. The lowest BCUT2D eigenvalue weighted by Crippen LogP contribution is -2.13. The minimum absolute atomic E-state index is 0.00985. The van der Waals surface area contributed by atoms with E-state index in [-0.39, 0.29) is 44.1 Å². The number of hydrogen-bond acceptors (Lipinski definition) is 5. The van der Waals surface area contributed by atoms with Crippen LogP contribution in [-0.2, 0) is 0 Å². The number of carboxylic acids is 1. The van der Waals surface area contributed by atoms with E-state index in [0.717, 1.165) is 6.07 Å². The Morgan fingerprint density at radius 1 is 0.968 bits per heavy atom. The molecule has 31 heavy (non-hydrogen) atoms. The summed E-state index contributed by atoms with van der Waals surface area (Å²) in [6, 6.07) is 8.78. The molecule has 0 spiro atoms. The van der Waals surface area contributed by atoms with Crippen LogP contribution >= 0.6 is 23.2 Å². The van der Waals surface area contributed by atoms with Crippen molar-refractivity contribution < 1.29 is 33.0 Å². The Morgan fingerprint density at radius 3 is 2.16 bits per heavy atom. The predicted octanol–water partition coefficient (Wildman–Crippen LogP) is 5.73. The van der Waals surface area contributed by atoms with E-state index in [1.165, 1.54) is 48.8 Å². The molecule has 1 heterocycles. The molecule has 0 unspecified atom stereocenters. The molecular weight excluding hydrogens is 457 g/mol. The molecule has 0 fully saturated rings. The van der Waals surface area contributed by atoms with E-state index in [9.17, 15) is 18.4 Å². The molecule has 0 bridgehead atoms. The lowest BCUT2D eigenvalue weighted by atomic mass is 10.1. The first kappa shape index (κ1) is 22.3. The smallest absolute Gasteiger partial charge is 0.387 e. The number of carbonyl (C=O) groups excluding carboxylic acids is 1. The number of nitrogens with one attached hydrogen (secondary N) is 1. The third-order valence-corrected chi connectivity index (χ3v) is 4.42. The van der Waals surface area contributed by atoms with E-state index in [1.54, 1.807) is 0 Å². The Labute approximate surface area is 184 Å². The van der Waals surface area contributed by atoms with Crippen molar-refractivity contribution in [2.45, 2.75) is 6.61 Å². The first-order chi connectivity index (χ1) is 14.7. The van der Waals surface area contributed by atoms with Crippen molar-refractivity contribution in [3.05, 3.63) is 76.0 Å². The molecule has 1 amide bonds. The summed E-state index contributed by atoms with van der Waals surface area (Å²) in [5.41, 5.74) is 0.168. The van der Waals surface area contributed by atoms with Gasteiger partial charge < -0.3 is 19.9 Å². The van der Waals surface area contributed by atoms with Crippen molar-refractivity contribution in [3.63, 3.8) is 0 Å². The van der Waals surface area contributed by atoms with Gasteiger partial charge in [0.2, 0.25) is 0 Å². The molecule has 0 atom stereocenters. The third kappa shape index (κ3) is 5.59. The van der Waals surface area contributed by atoms with Gasteiger partial charge >= 0.3 is 12.6 Å². The molecule has 0 aliphatic carbocycles. The summed E-state index contributed by atoms with van der Waals surface area (Å²) in [6.07, 6.45) is 2.58. The number of anilines is 1. The second-order valence-corrected chi connectivity index (χ2v) is 6.72. The minimum atomic E-state index is -3.13. The van der Waals surface area contributed by atoms with Crippen molar-refractivity contribution >= 4 is 40.8 Å². The standard InChI is InChI=1S/C20H12Cl2F2N2O5/c21-13-8-25-9-14(22)17(13)26-18(27)11-3-6-15(31-20(23)24)16(7-11)30-12-4-1-10(2-5-12)19(28)29/h1-9,20H,(H,28,29)(H,25,26,27). The van der Waals surface area contributed by atoms with Gasteiger partial charge in [-0.25, -0.2) is 4.79 Å². The number of halogens is 4. The van der Waals surface area contributed by atoms with E-state index >= 15 is 0 Å². The van der Waals surface area contributed by atoms with Crippen molar-refractivity contribution in [2.75, 3.05) is 5.32 Å². The Bertz CT molecular complexity index is 1110. The number of hydrogen-bond donors (Lipinski definition) is 2. The molecule has 0 aliphatic rings. The average Bonchev–Trinajstić information content (AvgIpc) is 2.72. The molecule has 3 rings (SSSR count). The number of rotatable bonds is 7. The summed E-state index contributed by atoms with van der Waals surface area (Å²) < 4.78 is 35.5. The van der Waals surface area contributed by atoms with Crippen LogP contribution in [0, 0.1) is 0 Å². The number of carbonyl (C=O) groups is 2. The van der Waals surface area contributed by atoms with Gasteiger partial charge in [-0.05, 0) is 42.5 Å². The van der Waals surface area contributed by atoms with Crippen molar-refractivity contribution in [2.24, 2.45) is 0 Å². The van der Waals surface area contributed by atoms with Gasteiger partial charge in [-0.15, -0.1) is 0 Å². The van der Waals surface area contributed by atoms with Crippen LogP contribution in [0.2, 0.25) is 10.0 Å². The molecule has 7 nitrogen and oxygen atoms in total. The van der Waals surface area contributed by atoms with Crippen LogP contribution < -0.4 is 14.8 Å². The van der Waals surface area contributed by atoms with Gasteiger partial charge in [0.05, 0.1) is 21.3 Å². The maximum Gasteiger partial charge on any atom is 0.387 e. The summed E-state index contributed by atoms with van der Waals surface area (Å²) in [7, 11) is 0. The molecule has 1 aromatic heterocycles. The van der Waals surface area contributed by atoms with Crippen LogP contribution in [0.15, 0.2) is 54.9 Å². The van der Waals surface area contributed by atoms with Crippen molar-refractivity contribution in [3.8, 4) is 17.2 Å². The zero-order chi connectivity index (χ0) is 22.5. The zero-order valence-corrected chi connectivity index (χ0v) is 16.8. The van der Waals surface area contributed by atoms with Gasteiger partial charge in [0.25, 0.3) is 5.91 Å². The number of carboxylic acid groups (broad SMARTS) is 1. The Kier molecular flexibility index (Phi) is 6.88. The number of alkyl halides is 2. The minimum Gasteiger partial charge on any atom is -0.478 e. The third-order valence-electron chi connectivity index (χ3n) is 3.84. The summed E-state index contributed by atoms with van der Waals surface area (Å²) in [5, 5.41) is 11.7. The monoisotopic (exact) mass is 468 g/mol. The Balaban J connectivity index is 1.90. The van der Waals surface area contributed by atoms with Gasteiger partial charge in [0, 0.05) is 18.0 Å². The predicted molar refractivity (Wildman–Crippen MR) is 109 cm³/mol. The number of pyridine rings is 1. The van der Waals surface area contributed by atoms with E-state index in [2.05, 4.69) is 15.0 Å². The van der Waals surface area contributed by atoms with Crippen LogP contribution in [0.1, 0.15) is 20.7 Å². The van der Waals surface area contributed by atoms with E-state index in [1.807, 2.05) is 0 Å². The highest BCUT2D eigenvalue weighted by atomic mass is 35.5. The Morgan fingerprint density at radius 2 is 1.58 bits per heavy atom. The number of amides is 1. The lowest BCUT2D eigenvalue weighted by molar-refractivity contribution is -0.0510. The van der Waals surface area contributed by atoms with Crippen LogP contribution in [0.4, 0.5) is 14.5 Å². The molecule has 2 N–H and O–H groups in total. The quantitative estimate of drug-likeness (QED) is 0.459. The molecule has 0 radical (unpaired) electrons. The highest BCUT2D eigenvalue weighted by Crippen LogP contribution is 2.35. The molecular formula is C20H12Cl2F2N2O5. The van der Waals surface area contributed by atoms with Gasteiger partial charge in [0.1, 0.15) is 5.75 Å². The molecule has 160 valence electrons. The molecule has 3 aromatic rings. The van der Waals surface area contributed by atoms with E-state index in [0.29, 0.717) is 0 Å². The summed E-state index contributed by atoms with van der Waals surface area (Å²) >= 11 is 12.0. The number of ether oxygens (including phenoxy) is 2. The van der Waals surface area contributed by atoms with Crippen molar-refractivity contribution in [1.29, 1.82) is 0 Å². The Hall–Kier alpha value is -3.43. The molecule has 2 aromatic carbocycles. The molecule has 0 saturated carbocycles. The van der Waals surface area contributed by atoms with Crippen LogP contribution in [0.3, 0.4) is 0 Å². The number of nitrogens with zero attached hydrogens (tertiary/aromatic N) is 1. The highest BCUT2D eigenvalue weighted by Gasteiger charge is 2.17. The first-order valence-electron chi connectivity index (χ1n) is 8.45. The van der Waals surface area contributed by atoms with Gasteiger partial charge in [-0.2, -0.15) is 8.78 Å². The van der Waals surface area contributed by atoms with E-state index in [4.69, 9.17) is 33.0 Å². The second kappa shape index (κ2) is 9.59. The summed E-state index contributed by atoms with van der Waals surface area (Å²) in [4.78, 5) is 27.4. The normalized spacial score (nSPS) is 10.6. The number of benzene rings is 2. The molecule has 0 aliphatic heterocycles. The molecule has 11 heteroatoms. The highest BCUT2D eigenvalue weighted by molar-refractivity contribution is 6.39. The second-order valence-electron chi connectivity index (χ2n) is 5.90. The summed E-state index contributed by atoms with van der Waals surface area (Å²) in [5.74, 6) is -2.16. The SMILES string of the molecule is O=C(O)c1ccc(Oc2cc(C(=O)Nc3c(Cl)cncc3Cl)ccc2OC(F)F)cc1. The van der Waals surface area contributed by atoms with Gasteiger partial charge in [-0.3, -0.25) is 9.78 Å². The van der Waals surface area contributed by atoms with Crippen molar-refractivity contribution in [1.82, 2.24) is 4.98 Å². The largest absolute Gasteiger partial charge is 0.478 e. The first-order valence-corrected chi connectivity index (χ1v) is 9.20. The van der Waals surface area contributed by atoms with E-state index < -0.39 is 18.5 Å². The molecule has 0 saturated heterocycles. The topological polar surface area (TPSA) is 97.8 Å². The fourth-order valence-electron chi connectivity index (χ4n) is 2.43. The number of aromatic carboxylic acids is 1. The number of aromatic nitrogens is 1.